The molecule has 110 valence electrons. The lowest BCUT2D eigenvalue weighted by Gasteiger charge is -2.04. The minimum absolute atomic E-state index is 0.0186. The second-order valence-electron chi connectivity index (χ2n) is 4.69. The van der Waals surface area contributed by atoms with Crippen molar-refractivity contribution in [3.05, 3.63) is 21.9 Å². The van der Waals surface area contributed by atoms with Crippen molar-refractivity contribution >= 4 is 17.2 Å². The van der Waals surface area contributed by atoms with Gasteiger partial charge in [0.05, 0.1) is 6.54 Å². The fraction of sp³-hybridized carbons (Fsp3) is 0.562. The Bertz CT molecular complexity index is 457. The molecule has 0 aromatic carbocycles. The van der Waals surface area contributed by atoms with Crippen LogP contribution in [0.1, 0.15) is 60.7 Å². The van der Waals surface area contributed by atoms with E-state index < -0.39 is 0 Å². The Morgan fingerprint density at radius 1 is 1.30 bits per heavy atom. The van der Waals surface area contributed by atoms with E-state index in [2.05, 4.69) is 24.1 Å². The number of unbranched alkanes of at least 4 members (excludes halogenated alkanes) is 5. The fourth-order valence-electron chi connectivity index (χ4n) is 1.92. The van der Waals surface area contributed by atoms with Crippen LogP contribution in [0.15, 0.2) is 11.4 Å². The van der Waals surface area contributed by atoms with Gasteiger partial charge in [-0.15, -0.1) is 11.3 Å². The maximum atomic E-state index is 12.0. The Kier molecular flexibility index (Phi) is 8.77. The van der Waals surface area contributed by atoms with Gasteiger partial charge in [-0.2, -0.15) is 0 Å². The summed E-state index contributed by atoms with van der Waals surface area (Å²) in [4.78, 5) is 12.7. The van der Waals surface area contributed by atoms with Gasteiger partial charge in [0.15, 0.2) is 0 Å². The molecule has 0 spiro atoms. The summed E-state index contributed by atoms with van der Waals surface area (Å²) in [5, 5.41) is 4.85. The van der Waals surface area contributed by atoms with Crippen molar-refractivity contribution in [2.75, 3.05) is 13.1 Å². The minimum atomic E-state index is -0.0186. The van der Waals surface area contributed by atoms with Crippen molar-refractivity contribution in [1.82, 2.24) is 5.32 Å². The van der Waals surface area contributed by atoms with Crippen LogP contribution in [0, 0.1) is 11.8 Å². The Labute approximate surface area is 126 Å². The van der Waals surface area contributed by atoms with Gasteiger partial charge in [0.1, 0.15) is 4.88 Å². The van der Waals surface area contributed by atoms with Crippen LogP contribution in [0.3, 0.4) is 0 Å². The summed E-state index contributed by atoms with van der Waals surface area (Å²) < 4.78 is 0. The largest absolute Gasteiger partial charge is 0.351 e. The van der Waals surface area contributed by atoms with Gasteiger partial charge in [0.2, 0.25) is 0 Å². The molecule has 1 aromatic heterocycles. The molecule has 1 rings (SSSR count). The zero-order chi connectivity index (χ0) is 14.6. The molecule has 3 nitrogen and oxygen atoms in total. The molecule has 0 atom stereocenters. The number of hydrogen-bond donors (Lipinski definition) is 2. The predicted molar refractivity (Wildman–Crippen MR) is 86.0 cm³/mol. The molecule has 3 N–H and O–H groups in total. The van der Waals surface area contributed by atoms with Gasteiger partial charge in [0.25, 0.3) is 5.91 Å². The van der Waals surface area contributed by atoms with Gasteiger partial charge in [-0.1, -0.05) is 50.9 Å². The maximum absolute atomic E-state index is 12.0. The Morgan fingerprint density at radius 2 is 2.05 bits per heavy atom. The van der Waals surface area contributed by atoms with Gasteiger partial charge in [0, 0.05) is 12.1 Å². The molecule has 0 bridgehead atoms. The van der Waals surface area contributed by atoms with Crippen LogP contribution >= 0.6 is 11.3 Å². The number of nitrogens with one attached hydrogen (secondary N) is 1. The van der Waals surface area contributed by atoms with E-state index in [4.69, 9.17) is 5.73 Å². The number of rotatable bonds is 8. The second-order valence-corrected chi connectivity index (χ2v) is 5.61. The van der Waals surface area contributed by atoms with Gasteiger partial charge in [-0.3, -0.25) is 4.79 Å². The van der Waals surface area contributed by atoms with Gasteiger partial charge >= 0.3 is 0 Å². The lowest BCUT2D eigenvalue weighted by Crippen LogP contribution is -2.24. The highest BCUT2D eigenvalue weighted by Gasteiger charge is 2.10. The molecule has 0 aliphatic rings. The molecule has 0 saturated heterocycles. The van der Waals surface area contributed by atoms with Crippen LogP contribution in [-0.4, -0.2) is 19.0 Å². The van der Waals surface area contributed by atoms with E-state index in [0.29, 0.717) is 11.4 Å². The molecular weight excluding hydrogens is 268 g/mol. The Morgan fingerprint density at radius 3 is 2.80 bits per heavy atom. The Balaban J connectivity index is 2.27. The van der Waals surface area contributed by atoms with Crippen LogP contribution in [0.25, 0.3) is 0 Å². The summed E-state index contributed by atoms with van der Waals surface area (Å²) in [7, 11) is 0. The zero-order valence-corrected chi connectivity index (χ0v) is 13.0. The normalized spacial score (nSPS) is 9.90. The lowest BCUT2D eigenvalue weighted by molar-refractivity contribution is 0.0957. The molecule has 0 radical (unpaired) electrons. The van der Waals surface area contributed by atoms with Crippen molar-refractivity contribution in [2.24, 2.45) is 5.73 Å². The van der Waals surface area contributed by atoms with Crippen molar-refractivity contribution in [3.8, 4) is 11.8 Å². The number of nitrogens with two attached hydrogens (primary N) is 1. The zero-order valence-electron chi connectivity index (χ0n) is 12.2. The van der Waals surface area contributed by atoms with E-state index >= 15 is 0 Å². The van der Waals surface area contributed by atoms with Gasteiger partial charge < -0.3 is 11.1 Å². The number of carbonyl (C=O) groups excluding carboxylic acids is 1. The molecule has 4 heteroatoms. The SMILES string of the molecule is CCCCCCCCNC(=O)c1sccc1C#CCN. The van der Waals surface area contributed by atoms with Crippen molar-refractivity contribution < 1.29 is 4.79 Å². The standard InChI is InChI=1S/C16H24N2OS/c1-2-3-4-5-6-7-12-18-16(19)15-14(9-8-11-17)10-13-20-15/h10,13H,2-7,11-12,17H2,1H3,(H,18,19). The van der Waals surface area contributed by atoms with Crippen molar-refractivity contribution in [2.45, 2.75) is 45.4 Å². The average Bonchev–Trinajstić information content (AvgIpc) is 2.92. The molecule has 0 saturated carbocycles. The summed E-state index contributed by atoms with van der Waals surface area (Å²) in [6.45, 7) is 3.27. The van der Waals surface area contributed by atoms with Crippen LogP contribution in [0.5, 0.6) is 0 Å². The van der Waals surface area contributed by atoms with Crippen LogP contribution in [-0.2, 0) is 0 Å². The van der Waals surface area contributed by atoms with Crippen LogP contribution in [0.4, 0.5) is 0 Å². The highest BCUT2D eigenvalue weighted by molar-refractivity contribution is 7.12. The fourth-order valence-corrected chi connectivity index (χ4v) is 2.68. The number of amides is 1. The predicted octanol–water partition coefficient (Wildman–Crippen LogP) is 3.15. The molecule has 0 fully saturated rings. The Hall–Kier alpha value is -1.31. The molecule has 0 unspecified atom stereocenters. The van der Waals surface area contributed by atoms with E-state index in [9.17, 15) is 4.79 Å². The summed E-state index contributed by atoms with van der Waals surface area (Å²) in [6, 6.07) is 1.87. The first kappa shape index (κ1) is 16.7. The molecule has 0 aliphatic carbocycles. The average molecular weight is 292 g/mol. The molecule has 1 heterocycles. The van der Waals surface area contributed by atoms with Crippen molar-refractivity contribution in [1.29, 1.82) is 0 Å². The molecular formula is C16H24N2OS. The first-order chi connectivity index (χ1) is 9.79. The maximum Gasteiger partial charge on any atom is 0.262 e. The number of hydrogen-bond acceptors (Lipinski definition) is 3. The van der Waals surface area contributed by atoms with E-state index in [1.54, 1.807) is 0 Å². The van der Waals surface area contributed by atoms with E-state index in [-0.39, 0.29) is 5.91 Å². The summed E-state index contributed by atoms with van der Waals surface area (Å²) in [6.07, 6.45) is 7.37. The molecule has 20 heavy (non-hydrogen) atoms. The summed E-state index contributed by atoms with van der Waals surface area (Å²) in [5.74, 6) is 5.70. The van der Waals surface area contributed by atoms with E-state index in [1.807, 2.05) is 11.4 Å². The third-order valence-corrected chi connectivity index (χ3v) is 3.93. The molecule has 1 amide bonds. The topological polar surface area (TPSA) is 55.1 Å². The second kappa shape index (κ2) is 10.5. The third-order valence-electron chi connectivity index (χ3n) is 3.01. The van der Waals surface area contributed by atoms with Crippen molar-refractivity contribution in [3.63, 3.8) is 0 Å². The monoisotopic (exact) mass is 292 g/mol. The molecule has 0 aliphatic heterocycles. The van der Waals surface area contributed by atoms with Gasteiger partial charge in [-0.05, 0) is 17.9 Å². The first-order valence-corrected chi connectivity index (χ1v) is 8.22. The number of carbonyl (C=O) groups is 1. The highest BCUT2D eigenvalue weighted by Crippen LogP contribution is 2.15. The quantitative estimate of drug-likeness (QED) is 0.571. The minimum Gasteiger partial charge on any atom is -0.351 e. The van der Waals surface area contributed by atoms with Crippen LogP contribution < -0.4 is 11.1 Å². The van der Waals surface area contributed by atoms with Crippen LogP contribution in [0.2, 0.25) is 0 Å². The summed E-state index contributed by atoms with van der Waals surface area (Å²) >= 11 is 1.43. The first-order valence-electron chi connectivity index (χ1n) is 7.34. The number of thiophene rings is 1. The van der Waals surface area contributed by atoms with E-state index in [0.717, 1.165) is 18.5 Å². The van der Waals surface area contributed by atoms with E-state index in [1.165, 1.54) is 43.4 Å². The highest BCUT2D eigenvalue weighted by atomic mass is 32.1. The third kappa shape index (κ3) is 6.23. The summed E-state index contributed by atoms with van der Waals surface area (Å²) in [5.41, 5.74) is 6.13. The van der Waals surface area contributed by atoms with Gasteiger partial charge in [-0.25, -0.2) is 0 Å². The lowest BCUT2D eigenvalue weighted by atomic mass is 10.1. The smallest absolute Gasteiger partial charge is 0.262 e. The molecule has 1 aromatic rings.